The van der Waals surface area contributed by atoms with Crippen molar-refractivity contribution in [3.63, 3.8) is 0 Å². The number of hydrogen-bond acceptors (Lipinski definition) is 13. The molecule has 0 aromatic heterocycles. The summed E-state index contributed by atoms with van der Waals surface area (Å²) >= 11 is 5.49. The summed E-state index contributed by atoms with van der Waals surface area (Å²) in [7, 11) is 0. The average molecular weight is 1580 g/mol. The van der Waals surface area contributed by atoms with E-state index >= 15 is 0 Å². The summed E-state index contributed by atoms with van der Waals surface area (Å²) in [5.41, 5.74) is 0. The third-order valence-electron chi connectivity index (χ3n) is 21.6. The highest BCUT2D eigenvalue weighted by Gasteiger charge is 2.30. The number of esters is 2. The molecular formula is C97H153ClO14. The third kappa shape index (κ3) is 52.6. The Morgan fingerprint density at radius 1 is 0.357 bits per heavy atom. The lowest BCUT2D eigenvalue weighted by molar-refractivity contribution is -0.143. The number of carboxylic acid groups (broad SMARTS) is 1. The Bertz CT molecular complexity index is 2870. The summed E-state index contributed by atoms with van der Waals surface area (Å²) in [4.78, 5) is 46.5. The number of phenolic OH excluding ortho intramolecular Hbond substituents is 3. The monoisotopic (exact) mass is 1580 g/mol. The van der Waals surface area contributed by atoms with Crippen LogP contribution in [0.3, 0.4) is 0 Å². The minimum Gasteiger partial charge on any atom is -0.508 e. The molecule has 1 heterocycles. The molecule has 14 nitrogen and oxygen atoms in total. The van der Waals surface area contributed by atoms with E-state index in [9.17, 15) is 19.2 Å². The molecule has 1 atom stereocenters. The first kappa shape index (κ1) is 101. The van der Waals surface area contributed by atoms with Crippen LogP contribution in [0.4, 0.5) is 0 Å². The fourth-order valence-corrected chi connectivity index (χ4v) is 14.2. The van der Waals surface area contributed by atoms with Crippen molar-refractivity contribution >= 4 is 34.8 Å². The normalized spacial score (nSPS) is 19.8. The van der Waals surface area contributed by atoms with Crippen molar-refractivity contribution in [2.45, 2.75) is 331 Å². The minimum atomic E-state index is -0.586. The van der Waals surface area contributed by atoms with E-state index in [1.54, 1.807) is 24.3 Å². The molecule has 0 radical (unpaired) electrons. The van der Waals surface area contributed by atoms with Crippen molar-refractivity contribution in [2.75, 3.05) is 26.4 Å². The molecule has 0 amide bonds. The number of ether oxygens (including phenoxy) is 6. The van der Waals surface area contributed by atoms with Crippen molar-refractivity contribution < 1.29 is 68.0 Å². The van der Waals surface area contributed by atoms with E-state index < -0.39 is 5.97 Å². The molecule has 112 heavy (non-hydrogen) atoms. The fraction of sp³-hybridized carbons (Fsp3) is 0.649. The summed E-state index contributed by atoms with van der Waals surface area (Å²) in [5, 5.41) is 35.0. The smallest absolute Gasteiger partial charge is 0.314 e. The van der Waals surface area contributed by atoms with Gasteiger partial charge in [0, 0.05) is 5.92 Å². The first-order valence-corrected chi connectivity index (χ1v) is 44.4. The maximum atomic E-state index is 12.4. The first-order chi connectivity index (χ1) is 54.4. The molecule has 1 aliphatic heterocycles. The second kappa shape index (κ2) is 67.5. The minimum absolute atomic E-state index is 0.0441. The summed E-state index contributed by atoms with van der Waals surface area (Å²) in [5.74, 6) is 7.07. The molecule has 4 N–H and O–H groups in total. The molecule has 5 aliphatic rings. The molecule has 5 fully saturated rings. The molecule has 0 spiro atoms. The molecule has 1 saturated heterocycles. The van der Waals surface area contributed by atoms with Crippen LogP contribution in [0.5, 0.6) is 46.0 Å². The van der Waals surface area contributed by atoms with Crippen LogP contribution < -0.4 is 23.7 Å². The Balaban J connectivity index is 0.000000461. The van der Waals surface area contributed by atoms with Gasteiger partial charge in [-0.15, -0.1) is 19.7 Å². The summed E-state index contributed by atoms with van der Waals surface area (Å²) in [6.07, 6.45) is 56.8. The Kier molecular flexibility index (Phi) is 61.1. The van der Waals surface area contributed by atoms with Crippen LogP contribution in [0.1, 0.15) is 325 Å². The van der Waals surface area contributed by atoms with E-state index in [1.165, 1.54) is 198 Å². The predicted octanol–water partition coefficient (Wildman–Crippen LogP) is 27.5. The van der Waals surface area contributed by atoms with Gasteiger partial charge in [0.25, 0.3) is 0 Å². The summed E-state index contributed by atoms with van der Waals surface area (Å²) in [6, 6.07) is 27.2. The lowest BCUT2D eigenvalue weighted by atomic mass is 9.80. The quantitative estimate of drug-likeness (QED) is 0.00620. The highest BCUT2D eigenvalue weighted by atomic mass is 35.5. The molecule has 4 aromatic rings. The van der Waals surface area contributed by atoms with Gasteiger partial charge in [-0.2, -0.15) is 0 Å². The van der Waals surface area contributed by atoms with E-state index in [-0.39, 0.29) is 58.1 Å². The second-order valence-electron chi connectivity index (χ2n) is 31.2. The van der Waals surface area contributed by atoms with E-state index in [4.69, 9.17) is 60.4 Å². The highest BCUT2D eigenvalue weighted by Crippen LogP contribution is 2.37. The molecule has 4 aromatic carbocycles. The number of allylic oxidation sites excluding steroid dienone is 3. The van der Waals surface area contributed by atoms with Gasteiger partial charge in [-0.1, -0.05) is 195 Å². The van der Waals surface area contributed by atoms with Gasteiger partial charge in [-0.05, 0) is 280 Å². The molecule has 0 bridgehead atoms. The Labute approximate surface area is 684 Å². The molecular weight excluding hydrogens is 1420 g/mol. The number of phenols is 3. The maximum absolute atomic E-state index is 12.4. The zero-order valence-electron chi connectivity index (χ0n) is 70.8. The topological polar surface area (TPSA) is 208 Å². The fourth-order valence-electron chi connectivity index (χ4n) is 14.0. The van der Waals surface area contributed by atoms with Gasteiger partial charge in [0.1, 0.15) is 46.0 Å². The Morgan fingerprint density at radius 2 is 0.625 bits per heavy atom. The lowest BCUT2D eigenvalue weighted by Gasteiger charge is -2.27. The third-order valence-corrected chi connectivity index (χ3v) is 21.9. The first-order valence-electron chi connectivity index (χ1n) is 44.0. The molecule has 9 rings (SSSR count). The van der Waals surface area contributed by atoms with Crippen LogP contribution in [-0.4, -0.2) is 76.1 Å². The number of aliphatic carboxylic acids is 1. The van der Waals surface area contributed by atoms with E-state index in [0.29, 0.717) is 37.4 Å². The number of carboxylic acids is 1. The van der Waals surface area contributed by atoms with Crippen molar-refractivity contribution in [3.05, 3.63) is 135 Å². The maximum Gasteiger partial charge on any atom is 0.314 e. The zero-order valence-corrected chi connectivity index (χ0v) is 71.5. The van der Waals surface area contributed by atoms with Gasteiger partial charge in [-0.3, -0.25) is 19.2 Å². The standard InChI is InChI=1S/C23H34O4.C23H34O3.C12H21ClO.C12H22O2.C11H14O2.C6H6O2.C6H12.C4H10/c1-2-3-4-6-18-8-10-19(11-9-18)23(24)27-21-14-12-20(13-15-21)25-16-5-7-22-17-26-22;1-3-5-7-9-19-10-12-20(13-11-19)23(24)26-22-16-14-21(15-17-22)25-18-8-6-4-2;2*1-2-3-4-5-10-6-8-11(9-7-10)12(13)14;1-2-3-4-9-13-11-7-5-10(12)6-8-11;7-5-1-2-6(8)4-3-5;1-3-5-6-4-2;1-3-4-2/h12-15,18-19,22H,2-11,16-17H2,1H3;4,14-17,19-20H,2-3,5-13,18H2,1H3;10-11H,2-9H2,1H3;10-11H,2-9H2,1H3,(H,13,14);2,5-8,12H,1,3-4,9H2;1-4,7-8H;3H,1,4-6H2,2H3;3-4H2,1-2H3. The summed E-state index contributed by atoms with van der Waals surface area (Å²) in [6.45, 7) is 29.4. The number of epoxide rings is 1. The molecule has 1 unspecified atom stereocenters. The number of carbonyl (C=O) groups excluding carboxylic acids is 3. The molecule has 4 aliphatic carbocycles. The van der Waals surface area contributed by atoms with Crippen LogP contribution in [-0.2, 0) is 23.9 Å². The largest absolute Gasteiger partial charge is 0.508 e. The SMILES string of the molecule is C=CCCCC.C=CCCCOc1ccc(O)cc1.C=CCCCOc1ccc(OC(=O)C2CCC(CCCCC)CC2)cc1.CCCC.CCCCCC1CCC(C(=O)Cl)CC1.CCCCCC1CCC(C(=O)O)CC1.CCCCCC1CCC(C(=O)Oc2ccc(OCCCC3CO3)cc2)CC1.Oc1ccc(O)cc1. The van der Waals surface area contributed by atoms with Crippen LogP contribution in [0, 0.1) is 47.3 Å². The van der Waals surface area contributed by atoms with Gasteiger partial charge in [0.05, 0.1) is 50.3 Å². The number of aromatic hydroxyl groups is 3. The number of hydrogen-bond donors (Lipinski definition) is 4. The van der Waals surface area contributed by atoms with Crippen LogP contribution in [0.15, 0.2) is 135 Å². The van der Waals surface area contributed by atoms with Gasteiger partial charge in [-0.25, -0.2) is 0 Å². The van der Waals surface area contributed by atoms with Crippen molar-refractivity contribution in [2.24, 2.45) is 47.3 Å². The van der Waals surface area contributed by atoms with E-state index in [2.05, 4.69) is 68.2 Å². The number of benzene rings is 4. The van der Waals surface area contributed by atoms with Crippen LogP contribution in [0.25, 0.3) is 0 Å². The van der Waals surface area contributed by atoms with Gasteiger partial charge < -0.3 is 48.8 Å². The van der Waals surface area contributed by atoms with Gasteiger partial charge in [0.15, 0.2) is 0 Å². The zero-order chi connectivity index (χ0) is 82.0. The summed E-state index contributed by atoms with van der Waals surface area (Å²) < 4.78 is 33.1. The molecule has 4 saturated carbocycles. The van der Waals surface area contributed by atoms with Crippen LogP contribution >= 0.6 is 11.6 Å². The molecule has 632 valence electrons. The molecule has 15 heteroatoms. The second-order valence-corrected chi connectivity index (χ2v) is 31.6. The number of rotatable bonds is 41. The Morgan fingerprint density at radius 3 is 0.893 bits per heavy atom. The lowest BCUT2D eigenvalue weighted by Crippen LogP contribution is -2.25. The van der Waals surface area contributed by atoms with Gasteiger partial charge >= 0.3 is 17.9 Å². The number of unbranched alkanes of at least 4 members (excludes halogenated alkanes) is 13. The Hall–Kier alpha value is -6.77. The van der Waals surface area contributed by atoms with Crippen molar-refractivity contribution in [1.82, 2.24) is 0 Å². The predicted molar refractivity (Wildman–Crippen MR) is 464 cm³/mol. The van der Waals surface area contributed by atoms with E-state index in [1.807, 2.05) is 66.8 Å². The number of halogens is 1. The number of carbonyl (C=O) groups is 4. The van der Waals surface area contributed by atoms with Gasteiger partial charge in [0.2, 0.25) is 5.24 Å². The average Bonchev–Trinajstić information content (AvgIpc) is 1.05. The van der Waals surface area contributed by atoms with E-state index in [0.717, 1.165) is 150 Å². The van der Waals surface area contributed by atoms with Crippen molar-refractivity contribution in [1.29, 1.82) is 0 Å². The van der Waals surface area contributed by atoms with Crippen molar-refractivity contribution in [3.8, 4) is 46.0 Å². The van der Waals surface area contributed by atoms with Crippen LogP contribution in [0.2, 0.25) is 0 Å². The highest BCUT2D eigenvalue weighted by molar-refractivity contribution is 6.64.